The molecule has 0 aliphatic carbocycles. The maximum atomic E-state index is 11.8. The van der Waals surface area contributed by atoms with E-state index in [4.69, 9.17) is 4.74 Å². The Balaban J connectivity index is 1.44. The second-order valence-corrected chi connectivity index (χ2v) is 6.35. The number of anilines is 1. The van der Waals surface area contributed by atoms with Crippen molar-refractivity contribution in [2.75, 3.05) is 11.9 Å². The third-order valence-electron chi connectivity index (χ3n) is 3.90. The zero-order valence-electron chi connectivity index (χ0n) is 16.1. The predicted molar refractivity (Wildman–Crippen MR) is 112 cm³/mol. The van der Waals surface area contributed by atoms with E-state index in [9.17, 15) is 14.4 Å². The highest BCUT2D eigenvalue weighted by atomic mass is 16.5. The molecular weight excluding hydrogens is 388 g/mol. The number of carbonyl (C=O) groups is 1. The molecular formula is C20H20N6O4. The van der Waals surface area contributed by atoms with Crippen LogP contribution < -0.4 is 26.7 Å². The summed E-state index contributed by atoms with van der Waals surface area (Å²) < 4.78 is 5.76. The second-order valence-electron chi connectivity index (χ2n) is 6.35. The van der Waals surface area contributed by atoms with E-state index in [-0.39, 0.29) is 12.4 Å². The second kappa shape index (κ2) is 9.82. The van der Waals surface area contributed by atoms with Gasteiger partial charge in [0.25, 0.3) is 11.5 Å². The van der Waals surface area contributed by atoms with E-state index in [1.54, 1.807) is 0 Å². The van der Waals surface area contributed by atoms with Gasteiger partial charge in [-0.25, -0.2) is 15.3 Å². The smallest absolute Gasteiger partial charge is 0.342 e. The number of rotatable bonds is 8. The van der Waals surface area contributed by atoms with Gasteiger partial charge in [-0.15, -0.1) is 5.10 Å². The van der Waals surface area contributed by atoms with Crippen LogP contribution in [0.4, 0.5) is 5.82 Å². The van der Waals surface area contributed by atoms with Crippen LogP contribution in [-0.4, -0.2) is 33.8 Å². The Labute approximate surface area is 171 Å². The molecule has 0 fully saturated rings. The van der Waals surface area contributed by atoms with Crippen LogP contribution in [0.15, 0.2) is 63.2 Å². The minimum atomic E-state index is -0.730. The lowest BCUT2D eigenvalue weighted by Crippen LogP contribution is -2.31. The minimum absolute atomic E-state index is 0.171. The van der Waals surface area contributed by atoms with Gasteiger partial charge < -0.3 is 10.1 Å². The Kier molecular flexibility index (Phi) is 6.72. The Morgan fingerprint density at radius 1 is 1.20 bits per heavy atom. The third-order valence-corrected chi connectivity index (χ3v) is 3.90. The van der Waals surface area contributed by atoms with Crippen molar-refractivity contribution in [2.24, 2.45) is 5.10 Å². The SMILES string of the molecule is Cc1cccc(COc2ccc(/C=N/NC(=O)CNc3n[nH]c(=O)[nH]c3=O)cc2)c1. The van der Waals surface area contributed by atoms with Gasteiger partial charge in [0.1, 0.15) is 12.4 Å². The zero-order valence-corrected chi connectivity index (χ0v) is 16.1. The number of aromatic amines is 2. The summed E-state index contributed by atoms with van der Waals surface area (Å²) in [6.07, 6.45) is 1.48. The molecule has 4 N–H and O–H groups in total. The van der Waals surface area contributed by atoms with E-state index in [1.807, 2.05) is 54.4 Å². The molecule has 3 rings (SSSR count). The van der Waals surface area contributed by atoms with E-state index >= 15 is 0 Å². The standard InChI is InChI=1S/C20H20N6O4/c1-13-3-2-4-15(9-13)12-30-16-7-5-14(6-8-16)10-22-24-17(27)11-21-18-19(28)23-20(29)26-25-18/h2-10H,11-12H2,1H3,(H,21,25)(H,24,27)(H2,23,26,28,29)/b22-10+. The van der Waals surface area contributed by atoms with Gasteiger partial charge in [-0.05, 0) is 42.3 Å². The van der Waals surface area contributed by atoms with Gasteiger partial charge in [0.05, 0.1) is 12.8 Å². The van der Waals surface area contributed by atoms with E-state index in [1.165, 1.54) is 11.8 Å². The maximum absolute atomic E-state index is 11.8. The number of hydrazone groups is 1. The number of amides is 1. The molecule has 10 heteroatoms. The number of ether oxygens (including phenoxy) is 1. The van der Waals surface area contributed by atoms with Crippen LogP contribution in [-0.2, 0) is 11.4 Å². The molecule has 0 bridgehead atoms. The largest absolute Gasteiger partial charge is 0.489 e. The average molecular weight is 408 g/mol. The molecule has 10 nitrogen and oxygen atoms in total. The van der Waals surface area contributed by atoms with Crippen molar-refractivity contribution in [1.29, 1.82) is 0 Å². The van der Waals surface area contributed by atoms with Crippen LogP contribution in [0.1, 0.15) is 16.7 Å². The molecule has 0 radical (unpaired) electrons. The lowest BCUT2D eigenvalue weighted by Gasteiger charge is -2.07. The van der Waals surface area contributed by atoms with Crippen molar-refractivity contribution in [3.05, 3.63) is 86.1 Å². The van der Waals surface area contributed by atoms with Gasteiger partial charge >= 0.3 is 5.69 Å². The fraction of sp³-hybridized carbons (Fsp3) is 0.150. The maximum Gasteiger partial charge on any atom is 0.342 e. The quantitative estimate of drug-likeness (QED) is 0.322. The summed E-state index contributed by atoms with van der Waals surface area (Å²) in [7, 11) is 0. The number of benzene rings is 2. The predicted octanol–water partition coefficient (Wildman–Crippen LogP) is 0.908. The van der Waals surface area contributed by atoms with Crippen LogP contribution in [0.3, 0.4) is 0 Å². The molecule has 1 amide bonds. The number of aryl methyl sites for hydroxylation is 1. The highest BCUT2D eigenvalue weighted by Crippen LogP contribution is 2.14. The van der Waals surface area contributed by atoms with Gasteiger partial charge in [-0.2, -0.15) is 5.10 Å². The number of hydrogen-bond acceptors (Lipinski definition) is 7. The van der Waals surface area contributed by atoms with Crippen molar-refractivity contribution in [1.82, 2.24) is 20.6 Å². The molecule has 0 saturated carbocycles. The van der Waals surface area contributed by atoms with Crippen LogP contribution >= 0.6 is 0 Å². The van der Waals surface area contributed by atoms with Crippen LogP contribution in [0.25, 0.3) is 0 Å². The number of carbonyl (C=O) groups excluding carboxylic acids is 1. The van der Waals surface area contributed by atoms with Gasteiger partial charge in [0, 0.05) is 0 Å². The van der Waals surface area contributed by atoms with Gasteiger partial charge in [0.2, 0.25) is 5.82 Å². The Morgan fingerprint density at radius 2 is 2.00 bits per heavy atom. The van der Waals surface area contributed by atoms with Crippen molar-refractivity contribution in [3.63, 3.8) is 0 Å². The van der Waals surface area contributed by atoms with Crippen molar-refractivity contribution in [3.8, 4) is 5.75 Å². The van der Waals surface area contributed by atoms with E-state index in [0.29, 0.717) is 6.61 Å². The highest BCUT2D eigenvalue weighted by molar-refractivity contribution is 5.84. The lowest BCUT2D eigenvalue weighted by atomic mass is 10.1. The average Bonchev–Trinajstić information content (AvgIpc) is 2.73. The molecule has 0 aliphatic heterocycles. The van der Waals surface area contributed by atoms with Crippen LogP contribution in [0.2, 0.25) is 0 Å². The molecule has 154 valence electrons. The first-order valence-electron chi connectivity index (χ1n) is 9.03. The fourth-order valence-electron chi connectivity index (χ4n) is 2.47. The normalized spacial score (nSPS) is 10.7. The number of aromatic nitrogens is 3. The Hall–Kier alpha value is -4.21. The molecule has 3 aromatic rings. The van der Waals surface area contributed by atoms with Gasteiger partial charge in [0.15, 0.2) is 0 Å². The molecule has 30 heavy (non-hydrogen) atoms. The highest BCUT2D eigenvalue weighted by Gasteiger charge is 2.04. The number of hydrogen-bond donors (Lipinski definition) is 4. The summed E-state index contributed by atoms with van der Waals surface area (Å²) >= 11 is 0. The molecule has 1 aromatic heterocycles. The summed E-state index contributed by atoms with van der Waals surface area (Å²) in [5.41, 5.74) is 3.91. The number of nitrogens with one attached hydrogen (secondary N) is 4. The fourth-order valence-corrected chi connectivity index (χ4v) is 2.47. The number of nitrogens with zero attached hydrogens (tertiary/aromatic N) is 2. The molecule has 0 aliphatic rings. The summed E-state index contributed by atoms with van der Waals surface area (Å²) in [5, 5.41) is 11.9. The van der Waals surface area contributed by atoms with Crippen LogP contribution in [0, 0.1) is 6.92 Å². The monoisotopic (exact) mass is 408 g/mol. The molecule has 2 aromatic carbocycles. The summed E-state index contributed by atoms with van der Waals surface area (Å²) in [6.45, 7) is 2.27. The van der Waals surface area contributed by atoms with Gasteiger partial charge in [-0.1, -0.05) is 29.8 Å². The Bertz CT molecular complexity index is 1150. The Morgan fingerprint density at radius 3 is 2.73 bits per heavy atom. The molecule has 1 heterocycles. The first-order valence-corrected chi connectivity index (χ1v) is 9.03. The van der Waals surface area contributed by atoms with Crippen LogP contribution in [0.5, 0.6) is 5.75 Å². The van der Waals surface area contributed by atoms with Crippen molar-refractivity contribution < 1.29 is 9.53 Å². The summed E-state index contributed by atoms with van der Waals surface area (Å²) in [5.74, 6) is 0.0623. The zero-order chi connectivity index (χ0) is 21.3. The first-order chi connectivity index (χ1) is 14.5. The molecule has 0 unspecified atom stereocenters. The summed E-state index contributed by atoms with van der Waals surface area (Å²) in [4.78, 5) is 36.1. The molecule has 0 atom stereocenters. The van der Waals surface area contributed by atoms with Gasteiger partial charge in [-0.3, -0.25) is 14.6 Å². The summed E-state index contributed by atoms with van der Waals surface area (Å²) in [6, 6.07) is 15.4. The molecule has 0 spiro atoms. The number of H-pyrrole nitrogens is 2. The topological polar surface area (TPSA) is 141 Å². The minimum Gasteiger partial charge on any atom is -0.489 e. The van der Waals surface area contributed by atoms with E-state index in [0.717, 1.165) is 16.9 Å². The van der Waals surface area contributed by atoms with E-state index in [2.05, 4.69) is 32.1 Å². The molecule has 0 saturated heterocycles. The lowest BCUT2D eigenvalue weighted by molar-refractivity contribution is -0.119. The third kappa shape index (κ3) is 6.16. The van der Waals surface area contributed by atoms with Crippen molar-refractivity contribution in [2.45, 2.75) is 13.5 Å². The van der Waals surface area contributed by atoms with E-state index < -0.39 is 17.2 Å². The first kappa shape index (κ1) is 20.5. The van der Waals surface area contributed by atoms with Crippen molar-refractivity contribution >= 4 is 17.9 Å².